The molecule has 9 heteroatoms. The Kier molecular flexibility index (Phi) is 4.05. The van der Waals surface area contributed by atoms with Crippen LogP contribution in [0.2, 0.25) is 0 Å². The first-order chi connectivity index (χ1) is 11.6. The predicted octanol–water partition coefficient (Wildman–Crippen LogP) is 2.06. The summed E-state index contributed by atoms with van der Waals surface area (Å²) in [6.07, 6.45) is 5.15. The average Bonchev–Trinajstić information content (AvgIpc) is 2.96. The minimum atomic E-state index is -0.472. The Morgan fingerprint density at radius 1 is 1.38 bits per heavy atom. The molecule has 2 aromatic rings. The minimum absolute atomic E-state index is 0.180. The number of aryl methyl sites for hydroxylation is 1. The zero-order valence-electron chi connectivity index (χ0n) is 12.9. The average molecular weight is 363 g/mol. The Morgan fingerprint density at radius 3 is 2.96 bits per heavy atom. The van der Waals surface area contributed by atoms with E-state index in [0.29, 0.717) is 21.6 Å². The van der Waals surface area contributed by atoms with E-state index in [0.717, 1.165) is 48.4 Å². The standard InChI is InChI=1S/C15H17N5O2S2/c16-12(22)11-8-2-1-3-9(8)24-14(11)17-10(21)6-23-15-18-13(19-20-15)7-4-5-7/h7H,1-6H2,(H2,16,22)(H,17,21)(H,18,19,20). The van der Waals surface area contributed by atoms with Gasteiger partial charge < -0.3 is 11.1 Å². The van der Waals surface area contributed by atoms with Crippen molar-refractivity contribution in [1.82, 2.24) is 15.2 Å². The van der Waals surface area contributed by atoms with Crippen LogP contribution in [0, 0.1) is 0 Å². The van der Waals surface area contributed by atoms with Crippen LogP contribution in [0.1, 0.15) is 51.8 Å². The number of H-pyrrole nitrogens is 1. The second-order valence-electron chi connectivity index (χ2n) is 6.04. The fraction of sp³-hybridized carbons (Fsp3) is 0.467. The number of amides is 2. The molecule has 126 valence electrons. The molecular weight excluding hydrogens is 346 g/mol. The number of primary amides is 1. The molecular formula is C15H17N5O2S2. The van der Waals surface area contributed by atoms with Crippen LogP contribution in [0.4, 0.5) is 5.00 Å². The summed E-state index contributed by atoms with van der Waals surface area (Å²) in [5, 5.41) is 11.0. The van der Waals surface area contributed by atoms with Crippen molar-refractivity contribution >= 4 is 39.9 Å². The van der Waals surface area contributed by atoms with Crippen molar-refractivity contribution in [2.45, 2.75) is 43.2 Å². The van der Waals surface area contributed by atoms with Crippen LogP contribution in [-0.4, -0.2) is 32.7 Å². The quantitative estimate of drug-likeness (QED) is 0.680. The van der Waals surface area contributed by atoms with E-state index in [1.54, 1.807) is 0 Å². The van der Waals surface area contributed by atoms with Gasteiger partial charge in [-0.25, -0.2) is 4.98 Å². The van der Waals surface area contributed by atoms with E-state index in [2.05, 4.69) is 20.5 Å². The first-order valence-electron chi connectivity index (χ1n) is 7.91. The summed E-state index contributed by atoms with van der Waals surface area (Å²) in [7, 11) is 0. The van der Waals surface area contributed by atoms with Crippen LogP contribution in [0.25, 0.3) is 0 Å². The second-order valence-corrected chi connectivity index (χ2v) is 8.09. The molecule has 4 N–H and O–H groups in total. The summed E-state index contributed by atoms with van der Waals surface area (Å²) in [6.45, 7) is 0. The van der Waals surface area contributed by atoms with Crippen LogP contribution in [0.15, 0.2) is 5.16 Å². The highest BCUT2D eigenvalue weighted by Crippen LogP contribution is 2.39. The lowest BCUT2D eigenvalue weighted by molar-refractivity contribution is -0.113. The third kappa shape index (κ3) is 3.05. The summed E-state index contributed by atoms with van der Waals surface area (Å²) in [4.78, 5) is 29.5. The topological polar surface area (TPSA) is 114 Å². The number of thiophene rings is 1. The Labute approximate surface area is 146 Å². The highest BCUT2D eigenvalue weighted by molar-refractivity contribution is 7.99. The molecule has 1 fully saturated rings. The lowest BCUT2D eigenvalue weighted by Crippen LogP contribution is -2.18. The molecule has 0 bridgehead atoms. The van der Waals surface area contributed by atoms with E-state index in [1.807, 2.05) is 0 Å². The van der Waals surface area contributed by atoms with Crippen molar-refractivity contribution < 1.29 is 9.59 Å². The SMILES string of the molecule is NC(=O)c1c(NC(=O)CSc2n[nH]c(C3CC3)n2)sc2c1CCC2. The zero-order valence-corrected chi connectivity index (χ0v) is 14.6. The molecule has 2 aromatic heterocycles. The summed E-state index contributed by atoms with van der Waals surface area (Å²) in [5.41, 5.74) is 7.00. The van der Waals surface area contributed by atoms with Crippen molar-refractivity contribution in [3.8, 4) is 0 Å². The van der Waals surface area contributed by atoms with Gasteiger partial charge in [0.25, 0.3) is 5.91 Å². The van der Waals surface area contributed by atoms with Gasteiger partial charge in [-0.1, -0.05) is 11.8 Å². The summed E-state index contributed by atoms with van der Waals surface area (Å²) in [6, 6.07) is 0. The molecule has 2 amide bonds. The molecule has 1 saturated carbocycles. The Hall–Kier alpha value is -1.87. The number of aromatic amines is 1. The van der Waals surface area contributed by atoms with Crippen LogP contribution in [0.5, 0.6) is 0 Å². The smallest absolute Gasteiger partial charge is 0.251 e. The van der Waals surface area contributed by atoms with Gasteiger partial charge in [-0.3, -0.25) is 14.7 Å². The number of thioether (sulfide) groups is 1. The first-order valence-corrected chi connectivity index (χ1v) is 9.71. The van der Waals surface area contributed by atoms with Gasteiger partial charge in [0.2, 0.25) is 11.1 Å². The van der Waals surface area contributed by atoms with E-state index < -0.39 is 5.91 Å². The molecule has 2 aliphatic rings. The van der Waals surface area contributed by atoms with Gasteiger partial charge in [0.15, 0.2) is 0 Å². The van der Waals surface area contributed by atoms with E-state index in [1.165, 1.54) is 23.1 Å². The summed E-state index contributed by atoms with van der Waals surface area (Å²) >= 11 is 2.75. The van der Waals surface area contributed by atoms with Crippen LogP contribution < -0.4 is 11.1 Å². The van der Waals surface area contributed by atoms with E-state index >= 15 is 0 Å². The molecule has 0 spiro atoms. The lowest BCUT2D eigenvalue weighted by Gasteiger charge is -2.05. The number of hydrogen-bond donors (Lipinski definition) is 3. The summed E-state index contributed by atoms with van der Waals surface area (Å²) in [5.74, 6) is 0.958. The van der Waals surface area contributed by atoms with Gasteiger partial charge in [0.05, 0.1) is 11.3 Å². The number of hydrogen-bond acceptors (Lipinski definition) is 6. The Balaban J connectivity index is 1.39. The minimum Gasteiger partial charge on any atom is -0.365 e. The molecule has 0 saturated heterocycles. The van der Waals surface area contributed by atoms with Crippen LogP contribution in [0.3, 0.4) is 0 Å². The number of carbonyl (C=O) groups excluding carboxylic acids is 2. The number of anilines is 1. The third-order valence-electron chi connectivity index (χ3n) is 4.20. The molecule has 7 nitrogen and oxygen atoms in total. The zero-order chi connectivity index (χ0) is 16.7. The number of nitrogens with zero attached hydrogens (tertiary/aromatic N) is 2. The molecule has 4 rings (SSSR count). The van der Waals surface area contributed by atoms with Gasteiger partial charge in [-0.05, 0) is 37.7 Å². The van der Waals surface area contributed by atoms with Crippen molar-refractivity contribution in [3.63, 3.8) is 0 Å². The molecule has 0 atom stereocenters. The van der Waals surface area contributed by atoms with E-state index in [9.17, 15) is 9.59 Å². The van der Waals surface area contributed by atoms with Crippen LogP contribution >= 0.6 is 23.1 Å². The van der Waals surface area contributed by atoms with E-state index in [-0.39, 0.29) is 11.7 Å². The highest BCUT2D eigenvalue weighted by Gasteiger charge is 2.28. The maximum absolute atomic E-state index is 12.2. The molecule has 0 aliphatic heterocycles. The van der Waals surface area contributed by atoms with Crippen LogP contribution in [-0.2, 0) is 17.6 Å². The fourth-order valence-corrected chi connectivity index (χ4v) is 4.82. The van der Waals surface area contributed by atoms with Crippen molar-refractivity contribution in [2.75, 3.05) is 11.1 Å². The van der Waals surface area contributed by atoms with Crippen molar-refractivity contribution in [1.29, 1.82) is 0 Å². The first kappa shape index (κ1) is 15.6. The molecule has 0 unspecified atom stereocenters. The highest BCUT2D eigenvalue weighted by atomic mass is 32.2. The molecule has 0 aromatic carbocycles. The molecule has 24 heavy (non-hydrogen) atoms. The van der Waals surface area contributed by atoms with Gasteiger partial charge in [0, 0.05) is 10.8 Å². The monoisotopic (exact) mass is 363 g/mol. The second kappa shape index (κ2) is 6.21. The van der Waals surface area contributed by atoms with Gasteiger partial charge in [-0.2, -0.15) is 0 Å². The predicted molar refractivity (Wildman–Crippen MR) is 92.6 cm³/mol. The maximum Gasteiger partial charge on any atom is 0.251 e. The Bertz CT molecular complexity index is 809. The van der Waals surface area contributed by atoms with Gasteiger partial charge in [0.1, 0.15) is 10.8 Å². The number of aromatic nitrogens is 3. The number of nitrogens with two attached hydrogens (primary N) is 1. The number of fused-ring (bicyclic) bond motifs is 1. The molecule has 0 radical (unpaired) electrons. The number of carbonyl (C=O) groups is 2. The maximum atomic E-state index is 12.2. The van der Waals surface area contributed by atoms with Crippen molar-refractivity contribution in [2.24, 2.45) is 5.73 Å². The Morgan fingerprint density at radius 2 is 2.21 bits per heavy atom. The van der Waals surface area contributed by atoms with E-state index in [4.69, 9.17) is 5.73 Å². The summed E-state index contributed by atoms with van der Waals surface area (Å²) < 4.78 is 0. The number of rotatable bonds is 6. The lowest BCUT2D eigenvalue weighted by atomic mass is 10.1. The number of nitrogens with one attached hydrogen (secondary N) is 2. The largest absolute Gasteiger partial charge is 0.365 e. The van der Waals surface area contributed by atoms with Gasteiger partial charge in [-0.15, -0.1) is 16.4 Å². The molecule has 2 aliphatic carbocycles. The van der Waals surface area contributed by atoms with Gasteiger partial charge >= 0.3 is 0 Å². The third-order valence-corrected chi connectivity index (χ3v) is 6.25. The fourth-order valence-electron chi connectivity index (χ4n) is 2.91. The normalized spacial score (nSPS) is 16.2. The van der Waals surface area contributed by atoms with Crippen molar-refractivity contribution in [3.05, 3.63) is 21.8 Å². The molecule has 2 heterocycles.